The van der Waals surface area contributed by atoms with Crippen LogP contribution >= 0.6 is 0 Å². The Balaban J connectivity index is 1.55. The summed E-state index contributed by atoms with van der Waals surface area (Å²) in [6.45, 7) is 11.3. The Bertz CT molecular complexity index is 766. The maximum atomic E-state index is 12.7. The molecule has 3 nitrogen and oxygen atoms in total. The number of nitrogens with one attached hydrogen (secondary N) is 1. The van der Waals surface area contributed by atoms with Gasteiger partial charge in [0.2, 0.25) is 5.91 Å². The molecule has 2 aromatic rings. The Labute approximate surface area is 157 Å². The minimum absolute atomic E-state index is 0.115. The molecule has 0 spiro atoms. The van der Waals surface area contributed by atoms with E-state index in [2.05, 4.69) is 74.3 Å². The molecule has 1 aliphatic heterocycles. The topological polar surface area (TPSA) is 32.3 Å². The predicted molar refractivity (Wildman–Crippen MR) is 108 cm³/mol. The van der Waals surface area contributed by atoms with Crippen molar-refractivity contribution in [2.45, 2.75) is 47.1 Å². The SMILES string of the molecule is Cc1cccc(CN2CCC(C(=O)Nc3c(C)cc(C)cc3C)CC2)c1. The van der Waals surface area contributed by atoms with Gasteiger partial charge >= 0.3 is 0 Å². The van der Waals surface area contributed by atoms with Crippen molar-refractivity contribution in [1.82, 2.24) is 4.90 Å². The maximum Gasteiger partial charge on any atom is 0.227 e. The summed E-state index contributed by atoms with van der Waals surface area (Å²) in [5.74, 6) is 0.291. The molecule has 1 amide bonds. The molecule has 2 aromatic carbocycles. The summed E-state index contributed by atoms with van der Waals surface area (Å²) in [5.41, 5.74) is 7.19. The first-order valence-electron chi connectivity index (χ1n) is 9.59. The van der Waals surface area contributed by atoms with E-state index in [9.17, 15) is 4.79 Å². The van der Waals surface area contributed by atoms with Gasteiger partial charge in [-0.05, 0) is 70.3 Å². The van der Waals surface area contributed by atoms with E-state index in [1.54, 1.807) is 0 Å². The number of hydrogen-bond acceptors (Lipinski definition) is 2. The fourth-order valence-electron chi connectivity index (χ4n) is 4.02. The molecule has 1 N–H and O–H groups in total. The zero-order valence-corrected chi connectivity index (χ0v) is 16.4. The number of benzene rings is 2. The van der Waals surface area contributed by atoms with Gasteiger partial charge in [-0.25, -0.2) is 0 Å². The van der Waals surface area contributed by atoms with Gasteiger partial charge in [-0.1, -0.05) is 47.5 Å². The fraction of sp³-hybridized carbons (Fsp3) is 0.435. The van der Waals surface area contributed by atoms with E-state index in [0.717, 1.165) is 49.3 Å². The molecule has 26 heavy (non-hydrogen) atoms. The van der Waals surface area contributed by atoms with Crippen LogP contribution in [0.4, 0.5) is 5.69 Å². The lowest BCUT2D eigenvalue weighted by Crippen LogP contribution is -2.37. The summed E-state index contributed by atoms with van der Waals surface area (Å²) in [4.78, 5) is 15.2. The van der Waals surface area contributed by atoms with E-state index in [0.29, 0.717) is 0 Å². The van der Waals surface area contributed by atoms with Crippen LogP contribution in [-0.2, 0) is 11.3 Å². The minimum Gasteiger partial charge on any atom is -0.325 e. The molecule has 3 heteroatoms. The molecule has 138 valence electrons. The number of likely N-dealkylation sites (tertiary alicyclic amines) is 1. The monoisotopic (exact) mass is 350 g/mol. The van der Waals surface area contributed by atoms with Gasteiger partial charge in [-0.2, -0.15) is 0 Å². The smallest absolute Gasteiger partial charge is 0.227 e. The number of anilines is 1. The number of carbonyl (C=O) groups is 1. The molecule has 1 aliphatic rings. The van der Waals surface area contributed by atoms with Crippen LogP contribution in [0.5, 0.6) is 0 Å². The van der Waals surface area contributed by atoms with Gasteiger partial charge in [0.1, 0.15) is 0 Å². The van der Waals surface area contributed by atoms with Gasteiger partial charge in [0.25, 0.3) is 0 Å². The third kappa shape index (κ3) is 4.53. The van der Waals surface area contributed by atoms with Crippen molar-refractivity contribution in [3.63, 3.8) is 0 Å². The van der Waals surface area contributed by atoms with Crippen LogP contribution in [0.1, 0.15) is 40.7 Å². The second-order valence-corrected chi connectivity index (χ2v) is 7.80. The first-order valence-corrected chi connectivity index (χ1v) is 9.59. The Kier molecular flexibility index (Phi) is 5.77. The average Bonchev–Trinajstić information content (AvgIpc) is 2.58. The summed E-state index contributed by atoms with van der Waals surface area (Å²) in [6.07, 6.45) is 1.86. The second-order valence-electron chi connectivity index (χ2n) is 7.80. The molecule has 0 aromatic heterocycles. The number of hydrogen-bond donors (Lipinski definition) is 1. The second kappa shape index (κ2) is 8.05. The average molecular weight is 351 g/mol. The molecule has 1 heterocycles. The van der Waals surface area contributed by atoms with Gasteiger partial charge in [0.15, 0.2) is 0 Å². The number of amides is 1. The van der Waals surface area contributed by atoms with Crippen molar-refractivity contribution < 1.29 is 4.79 Å². The highest BCUT2D eigenvalue weighted by molar-refractivity contribution is 5.94. The van der Waals surface area contributed by atoms with Gasteiger partial charge in [0.05, 0.1) is 0 Å². The summed E-state index contributed by atoms with van der Waals surface area (Å²) < 4.78 is 0. The van der Waals surface area contributed by atoms with Crippen molar-refractivity contribution in [3.8, 4) is 0 Å². The third-order valence-electron chi connectivity index (χ3n) is 5.37. The van der Waals surface area contributed by atoms with Crippen LogP contribution in [-0.4, -0.2) is 23.9 Å². The minimum atomic E-state index is 0.115. The number of rotatable bonds is 4. The third-order valence-corrected chi connectivity index (χ3v) is 5.37. The van der Waals surface area contributed by atoms with Gasteiger partial charge < -0.3 is 5.32 Å². The Morgan fingerprint density at radius 1 is 1.00 bits per heavy atom. The number of piperidine rings is 1. The number of carbonyl (C=O) groups excluding carboxylic acids is 1. The molecule has 0 unspecified atom stereocenters. The number of aryl methyl sites for hydroxylation is 4. The Morgan fingerprint density at radius 3 is 2.27 bits per heavy atom. The van der Waals surface area contributed by atoms with Crippen LogP contribution in [0, 0.1) is 33.6 Å². The fourth-order valence-corrected chi connectivity index (χ4v) is 4.02. The van der Waals surface area contributed by atoms with E-state index in [4.69, 9.17) is 0 Å². The molecule has 0 atom stereocenters. The van der Waals surface area contributed by atoms with E-state index in [1.165, 1.54) is 16.7 Å². The van der Waals surface area contributed by atoms with Crippen LogP contribution in [0.15, 0.2) is 36.4 Å². The Morgan fingerprint density at radius 2 is 1.65 bits per heavy atom. The molecular weight excluding hydrogens is 320 g/mol. The molecule has 1 fully saturated rings. The Hall–Kier alpha value is -2.13. The van der Waals surface area contributed by atoms with Crippen molar-refractivity contribution in [2.24, 2.45) is 5.92 Å². The molecule has 0 radical (unpaired) electrons. The van der Waals surface area contributed by atoms with Crippen molar-refractivity contribution in [1.29, 1.82) is 0 Å². The standard InChI is InChI=1S/C23H30N2O/c1-16-6-5-7-20(14-16)15-25-10-8-21(9-11-25)23(26)24-22-18(3)12-17(2)13-19(22)4/h5-7,12-14,21H,8-11,15H2,1-4H3,(H,24,26). The van der Waals surface area contributed by atoms with Crippen LogP contribution < -0.4 is 5.32 Å². The van der Waals surface area contributed by atoms with E-state index in [-0.39, 0.29) is 11.8 Å². The number of nitrogens with zero attached hydrogens (tertiary/aromatic N) is 1. The van der Waals surface area contributed by atoms with E-state index >= 15 is 0 Å². The van der Waals surface area contributed by atoms with E-state index < -0.39 is 0 Å². The summed E-state index contributed by atoms with van der Waals surface area (Å²) in [7, 11) is 0. The summed E-state index contributed by atoms with van der Waals surface area (Å²) in [6, 6.07) is 13.0. The van der Waals surface area contributed by atoms with E-state index in [1.807, 2.05) is 0 Å². The van der Waals surface area contributed by atoms with Crippen LogP contribution in [0.25, 0.3) is 0 Å². The predicted octanol–water partition coefficient (Wildman–Crippen LogP) is 4.77. The highest BCUT2D eigenvalue weighted by atomic mass is 16.1. The highest BCUT2D eigenvalue weighted by Gasteiger charge is 2.25. The lowest BCUT2D eigenvalue weighted by Gasteiger charge is -2.31. The van der Waals surface area contributed by atoms with Crippen molar-refractivity contribution in [2.75, 3.05) is 18.4 Å². The van der Waals surface area contributed by atoms with Gasteiger partial charge in [-0.15, -0.1) is 0 Å². The highest BCUT2D eigenvalue weighted by Crippen LogP contribution is 2.25. The molecule has 0 aliphatic carbocycles. The summed E-state index contributed by atoms with van der Waals surface area (Å²) >= 11 is 0. The summed E-state index contributed by atoms with van der Waals surface area (Å²) in [5, 5.41) is 3.19. The lowest BCUT2D eigenvalue weighted by molar-refractivity contribution is -0.121. The maximum absolute atomic E-state index is 12.7. The normalized spacial score (nSPS) is 15.8. The molecule has 0 bridgehead atoms. The molecule has 3 rings (SSSR count). The van der Waals surface area contributed by atoms with Crippen LogP contribution in [0.3, 0.4) is 0 Å². The van der Waals surface area contributed by atoms with Crippen molar-refractivity contribution in [3.05, 3.63) is 64.2 Å². The van der Waals surface area contributed by atoms with Gasteiger partial charge in [-0.3, -0.25) is 9.69 Å². The van der Waals surface area contributed by atoms with Crippen LogP contribution in [0.2, 0.25) is 0 Å². The molecule has 0 saturated carbocycles. The lowest BCUT2D eigenvalue weighted by atomic mass is 9.95. The molecular formula is C23H30N2O. The zero-order chi connectivity index (χ0) is 18.7. The van der Waals surface area contributed by atoms with Crippen molar-refractivity contribution >= 4 is 11.6 Å². The largest absolute Gasteiger partial charge is 0.325 e. The zero-order valence-electron chi connectivity index (χ0n) is 16.4. The quantitative estimate of drug-likeness (QED) is 0.861. The van der Waals surface area contributed by atoms with Gasteiger partial charge in [0, 0.05) is 18.2 Å². The first-order chi connectivity index (χ1) is 12.4. The first kappa shape index (κ1) is 18.7. The molecule has 1 saturated heterocycles.